The monoisotopic (exact) mass is 1980 g/mol. The van der Waals surface area contributed by atoms with Gasteiger partial charge < -0.3 is 54.5 Å². The number of rotatable bonds is 14. The number of anilines is 8. The molecule has 47 heteroatoms. The smallest absolute Gasteiger partial charge is 0.175 e. The number of sulfone groups is 1. The fourth-order valence-corrected chi connectivity index (χ4v) is 18.3. The maximum absolute atomic E-state index is 11.5. The van der Waals surface area contributed by atoms with Crippen molar-refractivity contribution in [3.8, 4) is 88.9 Å². The highest BCUT2D eigenvalue weighted by Crippen LogP contribution is 2.42. The van der Waals surface area contributed by atoms with Crippen molar-refractivity contribution in [1.29, 1.82) is 0 Å². The van der Waals surface area contributed by atoms with Crippen LogP contribution in [-0.4, -0.2) is 183 Å². The average molecular weight is 1980 g/mol. The van der Waals surface area contributed by atoms with Gasteiger partial charge >= 0.3 is 0 Å². The number of benzene rings is 6. The van der Waals surface area contributed by atoms with E-state index in [9.17, 15) is 8.42 Å². The van der Waals surface area contributed by atoms with Crippen molar-refractivity contribution in [2.24, 2.45) is 56.4 Å². The average Bonchev–Trinajstić information content (AvgIpc) is 1.62. The van der Waals surface area contributed by atoms with Crippen molar-refractivity contribution in [2.45, 2.75) is 18.4 Å². The van der Waals surface area contributed by atoms with Crippen LogP contribution in [-0.2, 0) is 72.8 Å². The Bertz CT molecular complexity index is 8510. The summed E-state index contributed by atoms with van der Waals surface area (Å²) in [5, 5.41) is 42.5. The molecule has 0 spiro atoms. The summed E-state index contributed by atoms with van der Waals surface area (Å²) >= 11 is 15.5. The second-order valence-electron chi connectivity index (χ2n) is 31.8. The number of thiophene rings is 2. The van der Waals surface area contributed by atoms with Gasteiger partial charge in [-0.25, -0.2) is 111 Å². The van der Waals surface area contributed by atoms with Crippen LogP contribution >= 0.6 is 45.9 Å². The topological polar surface area (TPSA) is 561 Å². The van der Waals surface area contributed by atoms with Gasteiger partial charge in [0.25, 0.3) is 0 Å². The minimum atomic E-state index is -3.22. The van der Waals surface area contributed by atoms with E-state index in [1.165, 1.54) is 72.0 Å². The Morgan fingerprint density at radius 1 is 0.369 bits per heavy atom. The van der Waals surface area contributed by atoms with Crippen molar-refractivity contribution in [3.05, 3.63) is 235 Å². The number of fused-ring (bicyclic) bond motifs is 8. The lowest BCUT2D eigenvalue weighted by Crippen LogP contribution is -2.07. The Morgan fingerprint density at radius 3 is 1.13 bits per heavy atom. The van der Waals surface area contributed by atoms with E-state index in [0.29, 0.717) is 108 Å². The Kier molecular flexibility index (Phi) is 27.4. The van der Waals surface area contributed by atoms with Crippen LogP contribution in [0.15, 0.2) is 225 Å². The molecule has 0 aliphatic rings. The number of aromatic nitrogens is 30. The molecule has 23 rings (SSSR count). The summed E-state index contributed by atoms with van der Waals surface area (Å²) in [4.78, 5) is 62.1. The van der Waals surface area contributed by atoms with Gasteiger partial charge in [0, 0.05) is 121 Å². The highest BCUT2D eigenvalue weighted by atomic mass is 35.5. The summed E-state index contributed by atoms with van der Waals surface area (Å²) in [5.74, 6) is 4.37. The molecule has 0 aliphatic carbocycles. The second-order valence-corrected chi connectivity index (χ2v) is 37.0. The number of hydrogen-bond acceptors (Lipinski definition) is 36. The van der Waals surface area contributed by atoms with E-state index in [-0.39, 0.29) is 4.90 Å². The molecule has 17 aromatic heterocycles. The van der Waals surface area contributed by atoms with Crippen molar-refractivity contribution in [1.82, 2.24) is 148 Å². The maximum atomic E-state index is 11.5. The predicted molar refractivity (Wildman–Crippen MR) is 552 cm³/mol. The van der Waals surface area contributed by atoms with Crippen LogP contribution in [0, 0.1) is 0 Å². The molecule has 17 heterocycles. The van der Waals surface area contributed by atoms with E-state index < -0.39 is 9.84 Å². The van der Waals surface area contributed by atoms with Crippen molar-refractivity contribution in [2.75, 3.05) is 72.0 Å². The van der Waals surface area contributed by atoms with Gasteiger partial charge in [-0.05, 0) is 96.7 Å². The fourth-order valence-electron chi connectivity index (χ4n) is 15.4. The molecule has 23 aromatic rings. The number of halogens is 2. The molecule has 6 aromatic carbocycles. The van der Waals surface area contributed by atoms with Crippen LogP contribution in [0.2, 0.25) is 9.36 Å². The molecule has 0 fully saturated rings. The van der Waals surface area contributed by atoms with E-state index in [4.69, 9.17) is 72.8 Å². The third-order valence-electron chi connectivity index (χ3n) is 22.1. The van der Waals surface area contributed by atoms with Gasteiger partial charge in [0.05, 0.1) is 74.5 Å². The van der Waals surface area contributed by atoms with Gasteiger partial charge in [-0.2, -0.15) is 40.8 Å². The molecular formula is C94H90Cl2N38O4S3. The second kappa shape index (κ2) is 40.5. The molecule has 42 nitrogen and oxygen atoms in total. The zero-order valence-corrected chi connectivity index (χ0v) is 81.7. The third kappa shape index (κ3) is 20.0. The Hall–Kier alpha value is -17.4. The number of ether oxygens (including phenoxy) is 2. The van der Waals surface area contributed by atoms with E-state index >= 15 is 0 Å². The summed E-state index contributed by atoms with van der Waals surface area (Å²) in [5.41, 5.74) is 58.5. The quantitative estimate of drug-likeness (QED) is 0.0531. The highest BCUT2D eigenvalue weighted by Gasteiger charge is 2.25. The zero-order valence-electron chi connectivity index (χ0n) is 77.7. The summed E-state index contributed by atoms with van der Waals surface area (Å²) < 4.78 is 49.8. The lowest BCUT2D eigenvalue weighted by atomic mass is 10.1. The summed E-state index contributed by atoms with van der Waals surface area (Å²) in [7, 11) is 15.5. The lowest BCUT2D eigenvalue weighted by Gasteiger charge is -2.12. The van der Waals surface area contributed by atoms with E-state index in [1.54, 1.807) is 86.3 Å². The van der Waals surface area contributed by atoms with Crippen molar-refractivity contribution < 1.29 is 17.9 Å². The summed E-state index contributed by atoms with van der Waals surface area (Å²) in [6.07, 6.45) is 14.8. The molecule has 0 saturated heterocycles. The number of hydrogen-bond donors (Lipinski definition) is 7. The molecule has 0 radical (unpaired) electrons. The van der Waals surface area contributed by atoms with Gasteiger partial charge in [0.1, 0.15) is 143 Å². The van der Waals surface area contributed by atoms with Crippen LogP contribution in [0.25, 0.3) is 165 Å². The fraction of sp³-hybridized carbons (Fsp3) is 0.149. The van der Waals surface area contributed by atoms with E-state index in [1.807, 2.05) is 186 Å². The molecule has 0 saturated carbocycles. The first-order valence-corrected chi connectivity index (χ1v) is 47.2. The molecule has 0 bridgehead atoms. The van der Waals surface area contributed by atoms with Gasteiger partial charge in [0.2, 0.25) is 0 Å². The molecular weight excluding hydrogens is 1890 g/mol. The highest BCUT2D eigenvalue weighted by molar-refractivity contribution is 7.90. The molecule has 0 amide bonds. The lowest BCUT2D eigenvalue weighted by molar-refractivity contribution is 0.306. The first-order valence-electron chi connectivity index (χ1n) is 42.9. The molecule has 141 heavy (non-hydrogen) atoms. The maximum Gasteiger partial charge on any atom is 0.175 e. The first-order chi connectivity index (χ1) is 67.9. The molecule has 0 unspecified atom stereocenters. The van der Waals surface area contributed by atoms with Crippen LogP contribution in [0.3, 0.4) is 0 Å². The van der Waals surface area contributed by atoms with Crippen LogP contribution in [0.4, 0.5) is 46.4 Å². The van der Waals surface area contributed by atoms with Crippen molar-refractivity contribution >= 4 is 189 Å². The number of nitrogens with two attached hydrogens (primary N) is 7. The van der Waals surface area contributed by atoms with Gasteiger partial charge in [-0.1, -0.05) is 108 Å². The van der Waals surface area contributed by atoms with Crippen LogP contribution in [0.5, 0.6) is 11.5 Å². The van der Waals surface area contributed by atoms with Gasteiger partial charge in [0.15, 0.2) is 49.4 Å². The van der Waals surface area contributed by atoms with Gasteiger partial charge in [-0.3, -0.25) is 4.68 Å². The minimum Gasteiger partial charge on any atom is -0.494 e. The standard InChI is InChI=1S/C19H16ClN5O.C14H16N6.C14H15N5O.C14H11N5S.C13H13N5O2S.C10H8ClN5S.C10H11N7/c1-25-19-16(18(21)22-11-23-19)17(24-25)13-7-8-15(14(20)9-13)26-10-12-5-3-2-4-6-12;1-19(2)10-6-4-9(5-7-10)12-11-13(15)16-8-17-14(11)20(3)18-12;1-3-20-10-6-4-5-9(7-10)12-11-13(15)16-8-17-14(11)19(2)18-12;1-19-14-11(13(15)16-7-17-14)12(18-19)10-6-8-4-2-3-5-9(8)20-10;1-18-13-10(12(14)15-7-16-13)11(17-18)8-3-5-9(6-4-8)21(2,19)20;1-16-10-7(9(12)13-4-14-10)8(15-16)5-2-3-6(11)17-5;1-16-4-6(3-14-16)8-7-9(11)12-5-13-10(7)17(2)15-8/h2-9,11H,10H2,1H3,(H2,21,22,23);4-8H,1-3H3,(H2,15,16,17);4-8H,3H2,1-2H3,(H2,15,16,17);2-7H,1H3,(H2,15,16,17);3-7H,1-2H3,(H2,14,15,16);2-4H,1H3,(H2,12,13,14);3-5H,1-2H3,(H2,11,12,13). The Balaban J connectivity index is 0.000000114. The summed E-state index contributed by atoms with van der Waals surface area (Å²) in [6, 6.07) is 52.1. The van der Waals surface area contributed by atoms with Gasteiger partial charge in [-0.15, -0.1) is 22.7 Å². The van der Waals surface area contributed by atoms with Crippen LogP contribution in [0.1, 0.15) is 12.5 Å². The van der Waals surface area contributed by atoms with E-state index in [2.05, 4.69) is 146 Å². The number of nitrogens with zero attached hydrogens (tertiary/aromatic N) is 31. The normalized spacial score (nSPS) is 11.2. The molecule has 0 aliphatic heterocycles. The number of nitrogen functional groups attached to an aromatic ring is 7. The number of aryl methyl sites for hydroxylation is 8. The van der Waals surface area contributed by atoms with Crippen LogP contribution < -0.4 is 54.5 Å². The Morgan fingerprint density at radius 2 is 0.745 bits per heavy atom. The van der Waals surface area contributed by atoms with Crippen molar-refractivity contribution in [3.63, 3.8) is 0 Å². The zero-order chi connectivity index (χ0) is 99.4. The summed E-state index contributed by atoms with van der Waals surface area (Å²) in [6.45, 7) is 3.03. The minimum absolute atomic E-state index is 0.260. The first kappa shape index (κ1) is 95.3. The third-order valence-corrected chi connectivity index (χ3v) is 25.9. The Labute approximate surface area is 821 Å². The molecule has 712 valence electrons. The molecule has 0 atom stereocenters. The predicted octanol–water partition coefficient (Wildman–Crippen LogP) is 14.1. The SMILES string of the molecule is CCOc1cccc(-c2nn(C)c3ncnc(N)c23)c1.CN(C)c1ccc(-c2nn(C)c3ncnc(N)c23)cc1.Cn1cc(-c2nn(C)c3ncnc(N)c23)cn1.Cn1nc(-c2cc3ccccc3s2)c2c(N)ncnc21.Cn1nc(-c2ccc(Cl)s2)c2c(N)ncnc21.Cn1nc(-c2ccc(OCc3ccccc3)c(Cl)c2)c2c(N)ncnc21.Cn1nc(-c2ccc(S(C)(=O)=O)cc2)c2c(N)ncnc21. The molecule has 14 N–H and O–H groups in total. The largest absolute Gasteiger partial charge is 0.494 e. The van der Waals surface area contributed by atoms with E-state index in [0.717, 1.165) is 133 Å².